The van der Waals surface area contributed by atoms with E-state index in [2.05, 4.69) is 22.0 Å². The normalized spacial score (nSPS) is 20.1. The van der Waals surface area contributed by atoms with Crippen LogP contribution in [-0.4, -0.2) is 62.7 Å². The van der Waals surface area contributed by atoms with Crippen LogP contribution in [-0.2, 0) is 0 Å². The summed E-state index contributed by atoms with van der Waals surface area (Å²) in [5.41, 5.74) is 0. The van der Waals surface area contributed by atoms with Gasteiger partial charge < -0.3 is 10.2 Å². The quantitative estimate of drug-likeness (QED) is 0.677. The topological polar surface area (TPSA) is 18.5 Å². The van der Waals surface area contributed by atoms with Crippen LogP contribution in [0.1, 0.15) is 19.8 Å². The molecule has 1 saturated heterocycles. The lowest BCUT2D eigenvalue weighted by molar-refractivity contribution is 0.132. The molecule has 3 heteroatoms. The van der Waals surface area contributed by atoms with Gasteiger partial charge in [-0.05, 0) is 20.0 Å². The largest absolute Gasteiger partial charge is 0.318 e. The van der Waals surface area contributed by atoms with Crippen molar-refractivity contribution in [3.63, 3.8) is 0 Å². The second-order valence-electron chi connectivity index (χ2n) is 4.14. The van der Waals surface area contributed by atoms with Gasteiger partial charge in [0.1, 0.15) is 0 Å². The van der Waals surface area contributed by atoms with E-state index in [0.29, 0.717) is 0 Å². The van der Waals surface area contributed by atoms with E-state index in [1.807, 2.05) is 7.05 Å². The zero-order valence-corrected chi connectivity index (χ0v) is 9.76. The predicted octanol–water partition coefficient (Wildman–Crippen LogP) is 0.624. The molecule has 3 nitrogen and oxygen atoms in total. The number of likely N-dealkylation sites (N-methyl/N-ethyl adjacent to an activating group) is 1. The van der Waals surface area contributed by atoms with Crippen molar-refractivity contribution < 1.29 is 0 Å². The Kier molecular flexibility index (Phi) is 6.15. The zero-order chi connectivity index (χ0) is 10.2. The summed E-state index contributed by atoms with van der Waals surface area (Å²) in [6.07, 6.45) is 2.68. The first-order chi connectivity index (χ1) is 6.86. The number of nitrogens with one attached hydrogen (secondary N) is 1. The molecule has 0 spiro atoms. The van der Waals surface area contributed by atoms with Gasteiger partial charge in [-0.1, -0.05) is 13.3 Å². The third kappa shape index (κ3) is 4.40. The molecule has 1 N–H and O–H groups in total. The van der Waals surface area contributed by atoms with Gasteiger partial charge in [0, 0.05) is 39.3 Å². The molecule has 0 aromatic rings. The fraction of sp³-hybridized carbons (Fsp3) is 1.00. The molecule has 1 aliphatic rings. The van der Waals surface area contributed by atoms with Gasteiger partial charge >= 0.3 is 0 Å². The SMILES string of the molecule is CCCCN1CCN(CCNC)CC1. The van der Waals surface area contributed by atoms with Crippen molar-refractivity contribution in [2.45, 2.75) is 19.8 Å². The van der Waals surface area contributed by atoms with Crippen molar-refractivity contribution in [3.05, 3.63) is 0 Å². The minimum absolute atomic E-state index is 1.12. The monoisotopic (exact) mass is 199 g/mol. The standard InChI is InChI=1S/C11H25N3/c1-3-4-6-13-8-10-14(11-9-13)7-5-12-2/h12H,3-11H2,1-2H3. The van der Waals surface area contributed by atoms with Gasteiger partial charge in [-0.2, -0.15) is 0 Å². The number of hydrogen-bond acceptors (Lipinski definition) is 3. The smallest absolute Gasteiger partial charge is 0.0110 e. The lowest BCUT2D eigenvalue weighted by Gasteiger charge is -2.34. The van der Waals surface area contributed by atoms with Crippen LogP contribution in [0.25, 0.3) is 0 Å². The molecule has 14 heavy (non-hydrogen) atoms. The van der Waals surface area contributed by atoms with Gasteiger partial charge in [-0.3, -0.25) is 4.90 Å². The van der Waals surface area contributed by atoms with E-state index in [1.165, 1.54) is 52.1 Å². The van der Waals surface area contributed by atoms with Crippen LogP contribution in [0.2, 0.25) is 0 Å². The zero-order valence-electron chi connectivity index (χ0n) is 9.76. The highest BCUT2D eigenvalue weighted by molar-refractivity contribution is 4.71. The van der Waals surface area contributed by atoms with Crippen molar-refractivity contribution >= 4 is 0 Å². The molecule has 1 aliphatic heterocycles. The molecule has 0 aromatic carbocycles. The van der Waals surface area contributed by atoms with Crippen molar-refractivity contribution in [1.29, 1.82) is 0 Å². The molecule has 0 aliphatic carbocycles. The van der Waals surface area contributed by atoms with Crippen LogP contribution < -0.4 is 5.32 Å². The third-order valence-electron chi connectivity index (χ3n) is 2.97. The van der Waals surface area contributed by atoms with Gasteiger partial charge in [0.05, 0.1) is 0 Å². The maximum Gasteiger partial charge on any atom is 0.0110 e. The minimum Gasteiger partial charge on any atom is -0.318 e. The molecule has 0 unspecified atom stereocenters. The number of piperazine rings is 1. The lowest BCUT2D eigenvalue weighted by atomic mass is 10.2. The Balaban J connectivity index is 2.05. The second-order valence-corrected chi connectivity index (χ2v) is 4.14. The summed E-state index contributed by atoms with van der Waals surface area (Å²) in [7, 11) is 2.03. The Hall–Kier alpha value is -0.120. The first-order valence-electron chi connectivity index (χ1n) is 5.96. The fourth-order valence-corrected chi connectivity index (χ4v) is 1.89. The number of nitrogens with zero attached hydrogens (tertiary/aromatic N) is 2. The first kappa shape index (κ1) is 12.0. The molecule has 0 atom stereocenters. The Bertz CT molecular complexity index is 114. The van der Waals surface area contributed by atoms with Crippen LogP contribution >= 0.6 is 0 Å². The number of unbranched alkanes of at least 4 members (excludes halogenated alkanes) is 1. The third-order valence-corrected chi connectivity index (χ3v) is 2.97. The molecule has 84 valence electrons. The van der Waals surface area contributed by atoms with Crippen LogP contribution in [0.3, 0.4) is 0 Å². The average molecular weight is 199 g/mol. The molecule has 1 fully saturated rings. The first-order valence-corrected chi connectivity index (χ1v) is 5.96. The van der Waals surface area contributed by atoms with Gasteiger partial charge in [0.2, 0.25) is 0 Å². The maximum atomic E-state index is 3.21. The van der Waals surface area contributed by atoms with Crippen molar-refractivity contribution in [2.75, 3.05) is 52.9 Å². The fourth-order valence-electron chi connectivity index (χ4n) is 1.89. The average Bonchev–Trinajstić information content (AvgIpc) is 2.25. The Labute approximate surface area is 88.5 Å². The Morgan fingerprint density at radius 3 is 2.07 bits per heavy atom. The summed E-state index contributed by atoms with van der Waals surface area (Å²) in [6, 6.07) is 0. The van der Waals surface area contributed by atoms with E-state index in [0.717, 1.165) is 6.54 Å². The molecule has 0 amide bonds. The van der Waals surface area contributed by atoms with E-state index in [4.69, 9.17) is 0 Å². The summed E-state index contributed by atoms with van der Waals surface area (Å²) in [5.74, 6) is 0. The van der Waals surface area contributed by atoms with E-state index in [-0.39, 0.29) is 0 Å². The van der Waals surface area contributed by atoms with Crippen LogP contribution in [0.5, 0.6) is 0 Å². The number of rotatable bonds is 6. The van der Waals surface area contributed by atoms with Crippen LogP contribution in [0.4, 0.5) is 0 Å². The summed E-state index contributed by atoms with van der Waals surface area (Å²) in [4.78, 5) is 5.15. The van der Waals surface area contributed by atoms with Crippen molar-refractivity contribution in [3.8, 4) is 0 Å². The van der Waals surface area contributed by atoms with E-state index in [9.17, 15) is 0 Å². The van der Waals surface area contributed by atoms with Crippen LogP contribution in [0.15, 0.2) is 0 Å². The van der Waals surface area contributed by atoms with Crippen molar-refractivity contribution in [1.82, 2.24) is 15.1 Å². The summed E-state index contributed by atoms with van der Waals surface area (Å²) >= 11 is 0. The Morgan fingerprint density at radius 2 is 1.57 bits per heavy atom. The molecular formula is C11H25N3. The maximum absolute atomic E-state index is 3.21. The number of hydrogen-bond donors (Lipinski definition) is 1. The highest BCUT2D eigenvalue weighted by Crippen LogP contribution is 2.02. The summed E-state index contributed by atoms with van der Waals surface area (Å²) in [5, 5.41) is 3.21. The van der Waals surface area contributed by atoms with E-state index in [1.54, 1.807) is 0 Å². The molecule has 0 saturated carbocycles. The highest BCUT2D eigenvalue weighted by Gasteiger charge is 2.14. The molecular weight excluding hydrogens is 174 g/mol. The summed E-state index contributed by atoms with van der Waals surface area (Å²) < 4.78 is 0. The minimum atomic E-state index is 1.12. The molecule has 1 rings (SSSR count). The van der Waals surface area contributed by atoms with Gasteiger partial charge in [-0.25, -0.2) is 0 Å². The van der Waals surface area contributed by atoms with Crippen molar-refractivity contribution in [2.24, 2.45) is 0 Å². The molecule has 0 bridgehead atoms. The molecule has 0 aromatic heterocycles. The van der Waals surface area contributed by atoms with Gasteiger partial charge in [0.15, 0.2) is 0 Å². The molecule has 0 radical (unpaired) electrons. The second kappa shape index (κ2) is 7.21. The highest BCUT2D eigenvalue weighted by atomic mass is 15.3. The lowest BCUT2D eigenvalue weighted by Crippen LogP contribution is -2.48. The van der Waals surface area contributed by atoms with E-state index >= 15 is 0 Å². The van der Waals surface area contributed by atoms with Gasteiger partial charge in [-0.15, -0.1) is 0 Å². The van der Waals surface area contributed by atoms with Crippen LogP contribution in [0, 0.1) is 0 Å². The van der Waals surface area contributed by atoms with Gasteiger partial charge in [0.25, 0.3) is 0 Å². The summed E-state index contributed by atoms with van der Waals surface area (Å²) in [6.45, 7) is 10.9. The predicted molar refractivity (Wildman–Crippen MR) is 61.7 cm³/mol. The van der Waals surface area contributed by atoms with E-state index < -0.39 is 0 Å². The Morgan fingerprint density at radius 1 is 1.00 bits per heavy atom. The molecule has 1 heterocycles.